The van der Waals surface area contributed by atoms with Crippen LogP contribution in [0.15, 0.2) is 76.6 Å². The highest BCUT2D eigenvalue weighted by Crippen LogP contribution is 2.24. The van der Waals surface area contributed by atoms with Gasteiger partial charge in [0, 0.05) is 28.1 Å². The van der Waals surface area contributed by atoms with Gasteiger partial charge in [-0.25, -0.2) is 4.52 Å². The molecule has 0 aliphatic rings. The average Bonchev–Trinajstić information content (AvgIpc) is 3.36. The van der Waals surface area contributed by atoms with Gasteiger partial charge in [-0.2, -0.15) is 5.10 Å². The summed E-state index contributed by atoms with van der Waals surface area (Å²) in [5.41, 5.74) is 5.43. The second-order valence-electron chi connectivity index (χ2n) is 7.05. The molecule has 0 fully saturated rings. The molecule has 7 nitrogen and oxygen atoms in total. The van der Waals surface area contributed by atoms with Gasteiger partial charge in [0.2, 0.25) is 5.91 Å². The van der Waals surface area contributed by atoms with Gasteiger partial charge in [-0.1, -0.05) is 63.6 Å². The minimum atomic E-state index is -0.105. The van der Waals surface area contributed by atoms with Gasteiger partial charge >= 0.3 is 0 Å². The Labute approximate surface area is 190 Å². The van der Waals surface area contributed by atoms with Crippen LogP contribution in [0.4, 0.5) is 5.69 Å². The second kappa shape index (κ2) is 8.16. The number of aryl methyl sites for hydroxylation is 1. The van der Waals surface area contributed by atoms with Crippen LogP contribution in [0.25, 0.3) is 22.4 Å². The van der Waals surface area contributed by atoms with Gasteiger partial charge in [-0.3, -0.25) is 9.20 Å². The predicted molar refractivity (Wildman–Crippen MR) is 125 cm³/mol. The Morgan fingerprint density at radius 3 is 2.74 bits per heavy atom. The van der Waals surface area contributed by atoms with Crippen molar-refractivity contribution in [2.24, 2.45) is 0 Å². The third-order valence-corrected chi connectivity index (χ3v) is 6.21. The monoisotopic (exact) mass is 492 g/mol. The lowest BCUT2D eigenvalue weighted by Gasteiger charge is -2.05. The first kappa shape index (κ1) is 19.8. The number of fused-ring (bicyclic) bond motifs is 3. The van der Waals surface area contributed by atoms with E-state index in [9.17, 15) is 4.79 Å². The number of amides is 1. The number of thioether (sulfide) groups is 1. The quantitative estimate of drug-likeness (QED) is 0.355. The number of hydrogen-bond donors (Lipinski definition) is 1. The van der Waals surface area contributed by atoms with E-state index in [0.717, 1.165) is 26.9 Å². The third-order valence-electron chi connectivity index (χ3n) is 4.77. The second-order valence-corrected chi connectivity index (χ2v) is 8.91. The van der Waals surface area contributed by atoms with E-state index in [0.29, 0.717) is 10.8 Å². The van der Waals surface area contributed by atoms with Crippen molar-refractivity contribution in [3.63, 3.8) is 0 Å². The summed E-state index contributed by atoms with van der Waals surface area (Å²) < 4.78 is 4.59. The van der Waals surface area contributed by atoms with E-state index in [1.807, 2.05) is 47.1 Å². The van der Waals surface area contributed by atoms with Crippen LogP contribution < -0.4 is 5.32 Å². The number of nitrogens with zero attached hydrogens (tertiary/aromatic N) is 5. The highest BCUT2D eigenvalue weighted by molar-refractivity contribution is 9.10. The number of halogens is 1. The number of aromatic nitrogens is 5. The molecule has 154 valence electrons. The van der Waals surface area contributed by atoms with Crippen LogP contribution in [-0.4, -0.2) is 35.9 Å². The van der Waals surface area contributed by atoms with E-state index in [-0.39, 0.29) is 11.7 Å². The molecular weight excluding hydrogens is 476 g/mol. The van der Waals surface area contributed by atoms with Crippen LogP contribution in [0, 0.1) is 6.92 Å². The van der Waals surface area contributed by atoms with Crippen LogP contribution in [0.2, 0.25) is 0 Å². The summed E-state index contributed by atoms with van der Waals surface area (Å²) in [5.74, 6) is 0.124. The number of carbonyl (C=O) groups is 1. The molecule has 0 saturated carbocycles. The fraction of sp³-hybridized carbons (Fsp3) is 0.0909. The summed E-state index contributed by atoms with van der Waals surface area (Å²) in [6.07, 6.45) is 3.73. The molecule has 0 saturated heterocycles. The van der Waals surface area contributed by atoms with E-state index < -0.39 is 0 Å². The van der Waals surface area contributed by atoms with E-state index in [1.54, 1.807) is 4.52 Å². The summed E-state index contributed by atoms with van der Waals surface area (Å²) in [7, 11) is 0. The molecule has 31 heavy (non-hydrogen) atoms. The number of nitrogens with one attached hydrogen (secondary N) is 1. The lowest BCUT2D eigenvalue weighted by Crippen LogP contribution is -2.14. The first-order valence-corrected chi connectivity index (χ1v) is 11.3. The maximum Gasteiger partial charge on any atom is 0.234 e. The molecule has 0 aliphatic heterocycles. The average molecular weight is 493 g/mol. The van der Waals surface area contributed by atoms with Crippen LogP contribution in [-0.2, 0) is 4.79 Å². The minimum absolute atomic E-state index is 0.105. The smallest absolute Gasteiger partial charge is 0.234 e. The Balaban J connectivity index is 1.37. The molecule has 5 aromatic rings. The number of rotatable bonds is 5. The molecular formula is C22H17BrN6OS. The van der Waals surface area contributed by atoms with Crippen molar-refractivity contribution >= 4 is 50.5 Å². The largest absolute Gasteiger partial charge is 0.325 e. The summed E-state index contributed by atoms with van der Waals surface area (Å²) in [6.45, 7) is 2.06. The van der Waals surface area contributed by atoms with Gasteiger partial charge in [0.1, 0.15) is 5.52 Å². The number of benzene rings is 2. The van der Waals surface area contributed by atoms with E-state index in [2.05, 4.69) is 67.7 Å². The fourth-order valence-corrected chi connectivity index (χ4v) is 4.36. The molecule has 0 atom stereocenters. The molecule has 5 rings (SSSR count). The van der Waals surface area contributed by atoms with Crippen LogP contribution >= 0.6 is 27.7 Å². The van der Waals surface area contributed by atoms with Crippen molar-refractivity contribution in [2.45, 2.75) is 12.1 Å². The first-order chi connectivity index (χ1) is 15.1. The van der Waals surface area contributed by atoms with E-state index in [4.69, 9.17) is 0 Å². The highest BCUT2D eigenvalue weighted by Gasteiger charge is 2.14. The number of anilines is 1. The molecule has 0 unspecified atom stereocenters. The Morgan fingerprint density at radius 1 is 1.10 bits per heavy atom. The normalized spacial score (nSPS) is 11.3. The highest BCUT2D eigenvalue weighted by atomic mass is 79.9. The SMILES string of the molecule is Cc1ccc(-c2cc3c4nnc(SCC(=O)Nc5cccc(Br)c5)n4ccn3n2)cc1. The van der Waals surface area contributed by atoms with Gasteiger partial charge < -0.3 is 5.32 Å². The number of carbonyl (C=O) groups excluding carboxylic acids is 1. The van der Waals surface area contributed by atoms with Crippen LogP contribution in [0.3, 0.4) is 0 Å². The molecule has 1 amide bonds. The maximum absolute atomic E-state index is 12.3. The molecule has 3 aromatic heterocycles. The van der Waals surface area contributed by atoms with Gasteiger partial charge in [-0.15, -0.1) is 10.2 Å². The Kier molecular flexibility index (Phi) is 5.21. The van der Waals surface area contributed by atoms with Gasteiger partial charge in [-0.05, 0) is 31.2 Å². The summed E-state index contributed by atoms with van der Waals surface area (Å²) in [5, 5.41) is 16.8. The topological polar surface area (TPSA) is 76.6 Å². The predicted octanol–water partition coefficient (Wildman–Crippen LogP) is 4.85. The Hall–Kier alpha value is -3.17. The summed E-state index contributed by atoms with van der Waals surface area (Å²) in [4.78, 5) is 12.3. The fourth-order valence-electron chi connectivity index (χ4n) is 3.25. The molecule has 0 spiro atoms. The number of hydrogen-bond acceptors (Lipinski definition) is 5. The molecule has 3 heterocycles. The lowest BCUT2D eigenvalue weighted by molar-refractivity contribution is -0.113. The molecule has 0 aliphatic carbocycles. The lowest BCUT2D eigenvalue weighted by atomic mass is 10.1. The van der Waals surface area contributed by atoms with E-state index in [1.165, 1.54) is 17.3 Å². The Morgan fingerprint density at radius 2 is 1.94 bits per heavy atom. The molecule has 9 heteroatoms. The van der Waals surface area contributed by atoms with E-state index >= 15 is 0 Å². The van der Waals surface area contributed by atoms with Crippen molar-refractivity contribution in [1.82, 2.24) is 24.2 Å². The van der Waals surface area contributed by atoms with Crippen LogP contribution in [0.1, 0.15) is 5.56 Å². The van der Waals surface area contributed by atoms with Gasteiger partial charge in [0.05, 0.1) is 11.4 Å². The molecule has 0 radical (unpaired) electrons. The maximum atomic E-state index is 12.3. The summed E-state index contributed by atoms with van der Waals surface area (Å²) >= 11 is 4.74. The van der Waals surface area contributed by atoms with Gasteiger partial charge in [0.15, 0.2) is 10.8 Å². The van der Waals surface area contributed by atoms with Crippen molar-refractivity contribution in [3.8, 4) is 11.3 Å². The van der Waals surface area contributed by atoms with Crippen molar-refractivity contribution in [1.29, 1.82) is 0 Å². The zero-order valence-electron chi connectivity index (χ0n) is 16.5. The van der Waals surface area contributed by atoms with Crippen LogP contribution in [0.5, 0.6) is 0 Å². The molecule has 2 aromatic carbocycles. The molecule has 1 N–H and O–H groups in total. The zero-order valence-corrected chi connectivity index (χ0v) is 18.9. The Bertz CT molecular complexity index is 1410. The first-order valence-electron chi connectivity index (χ1n) is 9.55. The van der Waals surface area contributed by atoms with Crippen molar-refractivity contribution in [3.05, 3.63) is 77.0 Å². The van der Waals surface area contributed by atoms with Crippen molar-refractivity contribution in [2.75, 3.05) is 11.1 Å². The standard InChI is InChI=1S/C22H17BrN6OS/c1-14-5-7-15(8-6-14)18-12-19-21-25-26-22(28(21)9-10-29(19)27-18)31-13-20(30)24-17-4-2-3-16(23)11-17/h2-12H,13H2,1H3,(H,24,30). The van der Waals surface area contributed by atoms with Gasteiger partial charge in [0.25, 0.3) is 0 Å². The van der Waals surface area contributed by atoms with Crippen molar-refractivity contribution < 1.29 is 4.79 Å². The molecule has 0 bridgehead atoms. The third kappa shape index (κ3) is 4.06. The minimum Gasteiger partial charge on any atom is -0.325 e. The zero-order chi connectivity index (χ0) is 21.4. The summed E-state index contributed by atoms with van der Waals surface area (Å²) in [6, 6.07) is 17.8.